The highest BCUT2D eigenvalue weighted by Crippen LogP contribution is 2.59. The second kappa shape index (κ2) is 3.96. The van der Waals surface area contributed by atoms with Crippen LogP contribution in [-0.4, -0.2) is 30.6 Å². The van der Waals surface area contributed by atoms with Gasteiger partial charge in [-0.2, -0.15) is 0 Å². The molecule has 5 fully saturated rings. The lowest BCUT2D eigenvalue weighted by atomic mass is 9.48. The fourth-order valence-electron chi connectivity index (χ4n) is 5.97. The quantitative estimate of drug-likeness (QED) is 0.828. The van der Waals surface area contributed by atoms with E-state index >= 15 is 0 Å². The molecule has 0 spiro atoms. The number of hydrogen-bond acceptors (Lipinski definition) is 2. The zero-order valence-electron chi connectivity index (χ0n) is 11.8. The maximum absolute atomic E-state index is 6.34. The Labute approximate surface area is 111 Å². The Morgan fingerprint density at radius 2 is 1.56 bits per heavy atom. The Balaban J connectivity index is 1.62. The van der Waals surface area contributed by atoms with Crippen molar-refractivity contribution in [1.82, 2.24) is 4.90 Å². The Kier molecular flexibility index (Phi) is 2.58. The van der Waals surface area contributed by atoms with E-state index in [2.05, 4.69) is 11.9 Å². The summed E-state index contributed by atoms with van der Waals surface area (Å²) < 4.78 is 0. The van der Waals surface area contributed by atoms with Crippen molar-refractivity contribution < 1.29 is 0 Å². The van der Waals surface area contributed by atoms with E-state index in [4.69, 9.17) is 5.73 Å². The van der Waals surface area contributed by atoms with E-state index in [-0.39, 0.29) is 0 Å². The third kappa shape index (κ3) is 1.54. The van der Waals surface area contributed by atoms with E-state index in [1.165, 1.54) is 45.1 Å². The third-order valence-electron chi connectivity index (χ3n) is 6.82. The highest BCUT2D eigenvalue weighted by molar-refractivity contribution is 5.12. The fraction of sp³-hybridized carbons (Fsp3) is 1.00. The van der Waals surface area contributed by atoms with Crippen LogP contribution in [0.25, 0.3) is 0 Å². The van der Waals surface area contributed by atoms with Gasteiger partial charge in [0.05, 0.1) is 0 Å². The minimum absolute atomic E-state index is 0.385. The number of likely N-dealkylation sites (N-methyl/N-ethyl adjacent to an activating group) is 1. The molecule has 2 N–H and O–H groups in total. The third-order valence-corrected chi connectivity index (χ3v) is 6.82. The summed E-state index contributed by atoms with van der Waals surface area (Å²) in [7, 11) is 2.38. The van der Waals surface area contributed by atoms with Crippen LogP contribution in [0.1, 0.15) is 44.9 Å². The number of nitrogens with two attached hydrogens (primary N) is 1. The second-order valence-electron chi connectivity index (χ2n) is 7.82. The molecule has 0 amide bonds. The van der Waals surface area contributed by atoms with Crippen molar-refractivity contribution in [2.75, 3.05) is 20.1 Å². The van der Waals surface area contributed by atoms with Crippen LogP contribution in [0, 0.1) is 29.6 Å². The van der Waals surface area contributed by atoms with E-state index in [1.54, 1.807) is 6.42 Å². The maximum Gasteiger partial charge on any atom is 0.0385 e. The van der Waals surface area contributed by atoms with Crippen molar-refractivity contribution in [1.29, 1.82) is 0 Å². The van der Waals surface area contributed by atoms with Gasteiger partial charge in [-0.3, -0.25) is 4.90 Å². The molecule has 0 aromatic carbocycles. The average molecular weight is 248 g/mol. The van der Waals surface area contributed by atoms with Gasteiger partial charge < -0.3 is 5.73 Å². The largest absolute Gasteiger partial charge is 0.329 e. The number of rotatable bonds is 4. The van der Waals surface area contributed by atoms with Crippen molar-refractivity contribution >= 4 is 0 Å². The maximum atomic E-state index is 6.34. The molecule has 5 aliphatic carbocycles. The molecule has 0 unspecified atom stereocenters. The first-order valence-corrected chi connectivity index (χ1v) is 8.13. The minimum Gasteiger partial charge on any atom is -0.329 e. The van der Waals surface area contributed by atoms with Crippen molar-refractivity contribution in [3.63, 3.8) is 0 Å². The van der Waals surface area contributed by atoms with Gasteiger partial charge in [0, 0.05) is 18.6 Å². The predicted octanol–water partition coefficient (Wildman–Crippen LogP) is 2.48. The summed E-state index contributed by atoms with van der Waals surface area (Å²) in [5, 5.41) is 0. The Hall–Kier alpha value is -0.0800. The topological polar surface area (TPSA) is 29.3 Å². The molecule has 18 heavy (non-hydrogen) atoms. The molecule has 0 radical (unpaired) electrons. The summed E-state index contributed by atoms with van der Waals surface area (Å²) >= 11 is 0. The summed E-state index contributed by atoms with van der Waals surface area (Å²) in [6.45, 7) is 2.23. The fourth-order valence-corrected chi connectivity index (χ4v) is 5.97. The van der Waals surface area contributed by atoms with Gasteiger partial charge in [0.2, 0.25) is 0 Å². The van der Waals surface area contributed by atoms with Crippen LogP contribution in [0.2, 0.25) is 0 Å². The summed E-state index contributed by atoms with van der Waals surface area (Å²) in [5.74, 6) is 4.95. The number of hydrogen-bond donors (Lipinski definition) is 1. The molecule has 102 valence electrons. The summed E-state index contributed by atoms with van der Waals surface area (Å²) in [5.41, 5.74) is 6.73. The van der Waals surface area contributed by atoms with Crippen molar-refractivity contribution in [2.45, 2.75) is 50.5 Å². The lowest BCUT2D eigenvalue weighted by Gasteiger charge is -2.64. The van der Waals surface area contributed by atoms with Crippen LogP contribution in [-0.2, 0) is 0 Å². The molecule has 0 aromatic rings. The molecule has 5 rings (SSSR count). The molecule has 0 heterocycles. The van der Waals surface area contributed by atoms with Crippen molar-refractivity contribution in [2.24, 2.45) is 35.3 Å². The van der Waals surface area contributed by atoms with Crippen LogP contribution in [0.15, 0.2) is 0 Å². The molecule has 2 nitrogen and oxygen atoms in total. The first-order chi connectivity index (χ1) is 8.72. The minimum atomic E-state index is 0.385. The van der Waals surface area contributed by atoms with E-state index in [1.807, 2.05) is 0 Å². The van der Waals surface area contributed by atoms with Gasteiger partial charge >= 0.3 is 0 Å². The van der Waals surface area contributed by atoms with Gasteiger partial charge in [0.15, 0.2) is 0 Å². The molecule has 0 aromatic heterocycles. The molecule has 2 heteroatoms. The standard InChI is InChI=1S/C16H28N2/c1-18(9-11-2-3-11)16(10-17)14-5-12-4-13(7-14)8-15(16)6-12/h11-15H,2-10,17H2,1H3. The van der Waals surface area contributed by atoms with Crippen molar-refractivity contribution in [3.8, 4) is 0 Å². The van der Waals surface area contributed by atoms with Crippen LogP contribution in [0.3, 0.4) is 0 Å². The molecule has 0 atom stereocenters. The molecule has 5 aliphatic rings. The lowest BCUT2D eigenvalue weighted by Crippen LogP contribution is -2.68. The average Bonchev–Trinajstić information content (AvgIpc) is 3.12. The van der Waals surface area contributed by atoms with Crippen LogP contribution in [0.4, 0.5) is 0 Å². The van der Waals surface area contributed by atoms with E-state index in [0.717, 1.165) is 36.1 Å². The van der Waals surface area contributed by atoms with Crippen LogP contribution < -0.4 is 5.73 Å². The normalized spacial score (nSPS) is 50.2. The van der Waals surface area contributed by atoms with E-state index < -0.39 is 0 Å². The Morgan fingerprint density at radius 3 is 2.00 bits per heavy atom. The monoisotopic (exact) mass is 248 g/mol. The molecule has 4 bridgehead atoms. The Bertz CT molecular complexity index is 306. The number of nitrogens with zero attached hydrogens (tertiary/aromatic N) is 1. The summed E-state index contributed by atoms with van der Waals surface area (Å²) in [6, 6.07) is 0. The smallest absolute Gasteiger partial charge is 0.0385 e. The summed E-state index contributed by atoms with van der Waals surface area (Å²) in [6.07, 6.45) is 10.4. The van der Waals surface area contributed by atoms with Crippen LogP contribution in [0.5, 0.6) is 0 Å². The SMILES string of the molecule is CN(CC1CC1)C1(CN)C2CC3CC(C2)CC1C3. The predicted molar refractivity (Wildman–Crippen MR) is 74.2 cm³/mol. The molecule has 5 saturated carbocycles. The van der Waals surface area contributed by atoms with Gasteiger partial charge in [-0.25, -0.2) is 0 Å². The van der Waals surface area contributed by atoms with E-state index in [9.17, 15) is 0 Å². The zero-order valence-corrected chi connectivity index (χ0v) is 11.8. The van der Waals surface area contributed by atoms with Gasteiger partial charge in [-0.15, -0.1) is 0 Å². The first-order valence-electron chi connectivity index (χ1n) is 8.13. The van der Waals surface area contributed by atoms with Gasteiger partial charge in [-0.1, -0.05) is 0 Å². The van der Waals surface area contributed by atoms with Gasteiger partial charge in [0.25, 0.3) is 0 Å². The Morgan fingerprint density at radius 1 is 1.00 bits per heavy atom. The van der Waals surface area contributed by atoms with Crippen LogP contribution >= 0.6 is 0 Å². The molecular formula is C16H28N2. The second-order valence-corrected chi connectivity index (χ2v) is 7.82. The molecule has 0 saturated heterocycles. The molecular weight excluding hydrogens is 220 g/mol. The van der Waals surface area contributed by atoms with Crippen molar-refractivity contribution in [3.05, 3.63) is 0 Å². The summed E-state index contributed by atoms with van der Waals surface area (Å²) in [4.78, 5) is 2.72. The van der Waals surface area contributed by atoms with E-state index in [0.29, 0.717) is 5.54 Å². The molecule has 0 aliphatic heterocycles. The highest BCUT2D eigenvalue weighted by atomic mass is 15.2. The highest BCUT2D eigenvalue weighted by Gasteiger charge is 2.58. The first kappa shape index (κ1) is 11.7. The van der Waals surface area contributed by atoms with Gasteiger partial charge in [0.1, 0.15) is 0 Å². The van der Waals surface area contributed by atoms with Gasteiger partial charge in [-0.05, 0) is 81.6 Å². The lowest BCUT2D eigenvalue weighted by molar-refractivity contribution is -0.124. The zero-order chi connectivity index (χ0) is 12.3.